The third-order valence-corrected chi connectivity index (χ3v) is 2.59. The second-order valence-corrected chi connectivity index (χ2v) is 3.78. The standard InChI is InChI=1S/C8H12N2O3/c1-10-3-2-8(5-10)4-6(7(11)12)9-13-8/h2-5H2,1H3,(H,11,12). The van der Waals surface area contributed by atoms with E-state index in [9.17, 15) is 4.79 Å². The number of carboxylic acids is 1. The molecule has 0 amide bonds. The molecule has 1 unspecified atom stereocenters. The molecule has 2 heterocycles. The monoisotopic (exact) mass is 184 g/mol. The number of hydrogen-bond donors (Lipinski definition) is 1. The zero-order valence-corrected chi connectivity index (χ0v) is 7.49. The predicted molar refractivity (Wildman–Crippen MR) is 45.6 cm³/mol. The first-order chi connectivity index (χ1) is 6.11. The van der Waals surface area contributed by atoms with E-state index in [1.807, 2.05) is 7.05 Å². The molecular formula is C8H12N2O3. The fourth-order valence-corrected chi connectivity index (χ4v) is 1.90. The molecule has 2 aliphatic heterocycles. The Labute approximate surface area is 76.0 Å². The zero-order chi connectivity index (χ0) is 9.47. The van der Waals surface area contributed by atoms with Gasteiger partial charge < -0.3 is 14.8 Å². The minimum absolute atomic E-state index is 0.148. The maximum Gasteiger partial charge on any atom is 0.353 e. The van der Waals surface area contributed by atoms with Crippen LogP contribution in [0.5, 0.6) is 0 Å². The van der Waals surface area contributed by atoms with Crippen LogP contribution in [0.3, 0.4) is 0 Å². The fraction of sp³-hybridized carbons (Fsp3) is 0.750. The minimum Gasteiger partial charge on any atom is -0.477 e. The molecule has 0 saturated carbocycles. The number of carboxylic acid groups (broad SMARTS) is 1. The molecule has 1 atom stereocenters. The van der Waals surface area contributed by atoms with Crippen LogP contribution in [-0.2, 0) is 9.63 Å². The van der Waals surface area contributed by atoms with Gasteiger partial charge in [0, 0.05) is 25.9 Å². The maximum absolute atomic E-state index is 10.6. The van der Waals surface area contributed by atoms with Crippen LogP contribution < -0.4 is 0 Å². The Morgan fingerprint density at radius 1 is 1.77 bits per heavy atom. The number of likely N-dealkylation sites (N-methyl/N-ethyl adjacent to an activating group) is 1. The summed E-state index contributed by atoms with van der Waals surface area (Å²) in [5.41, 5.74) is -0.196. The molecule has 13 heavy (non-hydrogen) atoms. The molecule has 0 aromatic heterocycles. The lowest BCUT2D eigenvalue weighted by molar-refractivity contribution is -0.129. The van der Waals surface area contributed by atoms with Gasteiger partial charge in [0.05, 0.1) is 0 Å². The molecule has 5 heteroatoms. The summed E-state index contributed by atoms with van der Waals surface area (Å²) in [5.74, 6) is -0.966. The van der Waals surface area contributed by atoms with Crippen molar-refractivity contribution in [2.45, 2.75) is 18.4 Å². The van der Waals surface area contributed by atoms with E-state index >= 15 is 0 Å². The lowest BCUT2D eigenvalue weighted by Gasteiger charge is -2.19. The van der Waals surface area contributed by atoms with Crippen molar-refractivity contribution in [1.29, 1.82) is 0 Å². The van der Waals surface area contributed by atoms with Crippen molar-refractivity contribution < 1.29 is 14.7 Å². The minimum atomic E-state index is -0.966. The number of nitrogens with zero attached hydrogens (tertiary/aromatic N) is 2. The van der Waals surface area contributed by atoms with E-state index in [4.69, 9.17) is 9.94 Å². The third kappa shape index (κ3) is 1.39. The topological polar surface area (TPSA) is 62.1 Å². The molecule has 1 spiro atoms. The van der Waals surface area contributed by atoms with Crippen molar-refractivity contribution in [2.24, 2.45) is 5.16 Å². The number of rotatable bonds is 1. The second kappa shape index (κ2) is 2.70. The van der Waals surface area contributed by atoms with Crippen LogP contribution in [0.15, 0.2) is 5.16 Å². The molecule has 5 nitrogen and oxygen atoms in total. The Morgan fingerprint density at radius 3 is 3.00 bits per heavy atom. The van der Waals surface area contributed by atoms with Gasteiger partial charge in [-0.25, -0.2) is 4.79 Å². The van der Waals surface area contributed by atoms with Crippen LogP contribution in [0.1, 0.15) is 12.8 Å². The Morgan fingerprint density at radius 2 is 2.54 bits per heavy atom. The predicted octanol–water partition coefficient (Wildman–Crippen LogP) is -0.0784. The molecule has 2 aliphatic rings. The van der Waals surface area contributed by atoms with E-state index in [0.717, 1.165) is 19.5 Å². The molecule has 1 saturated heterocycles. The van der Waals surface area contributed by atoms with Gasteiger partial charge >= 0.3 is 5.97 Å². The summed E-state index contributed by atoms with van der Waals surface area (Å²) in [4.78, 5) is 17.9. The Hall–Kier alpha value is -1.10. The molecular weight excluding hydrogens is 172 g/mol. The van der Waals surface area contributed by atoms with Gasteiger partial charge in [0.15, 0.2) is 11.3 Å². The number of hydrogen-bond acceptors (Lipinski definition) is 4. The van der Waals surface area contributed by atoms with E-state index in [2.05, 4.69) is 10.1 Å². The SMILES string of the molecule is CN1CCC2(CC(C(=O)O)=NO2)C1. The first-order valence-corrected chi connectivity index (χ1v) is 4.28. The van der Waals surface area contributed by atoms with E-state index in [1.54, 1.807) is 0 Å². The zero-order valence-electron chi connectivity index (χ0n) is 7.49. The summed E-state index contributed by atoms with van der Waals surface area (Å²) in [5, 5.41) is 12.3. The highest BCUT2D eigenvalue weighted by Gasteiger charge is 2.45. The van der Waals surface area contributed by atoms with Gasteiger partial charge in [-0.05, 0) is 7.05 Å². The lowest BCUT2D eigenvalue weighted by atomic mass is 9.97. The van der Waals surface area contributed by atoms with Crippen LogP contribution in [0.25, 0.3) is 0 Å². The molecule has 0 aromatic rings. The van der Waals surface area contributed by atoms with E-state index in [0.29, 0.717) is 6.42 Å². The maximum atomic E-state index is 10.6. The summed E-state index contributed by atoms with van der Waals surface area (Å²) in [6.45, 7) is 1.72. The summed E-state index contributed by atoms with van der Waals surface area (Å²) in [7, 11) is 2.00. The molecule has 2 rings (SSSR count). The van der Waals surface area contributed by atoms with Crippen molar-refractivity contribution in [2.75, 3.05) is 20.1 Å². The van der Waals surface area contributed by atoms with E-state index < -0.39 is 5.97 Å². The quantitative estimate of drug-likeness (QED) is 0.619. The largest absolute Gasteiger partial charge is 0.477 e. The van der Waals surface area contributed by atoms with Gasteiger partial charge in [-0.1, -0.05) is 5.16 Å². The van der Waals surface area contributed by atoms with Crippen LogP contribution in [0.2, 0.25) is 0 Å². The van der Waals surface area contributed by atoms with Gasteiger partial charge in [-0.2, -0.15) is 0 Å². The van der Waals surface area contributed by atoms with Crippen molar-refractivity contribution in [3.05, 3.63) is 0 Å². The van der Waals surface area contributed by atoms with Crippen LogP contribution >= 0.6 is 0 Å². The molecule has 1 fully saturated rings. The highest BCUT2D eigenvalue weighted by Crippen LogP contribution is 2.32. The number of likely N-dealkylation sites (tertiary alicyclic amines) is 1. The molecule has 0 aromatic carbocycles. The molecule has 72 valence electrons. The molecule has 1 N–H and O–H groups in total. The highest BCUT2D eigenvalue weighted by molar-refractivity contribution is 6.36. The van der Waals surface area contributed by atoms with Gasteiger partial charge in [0.1, 0.15) is 0 Å². The first-order valence-electron chi connectivity index (χ1n) is 4.28. The summed E-state index contributed by atoms with van der Waals surface area (Å²) in [6.07, 6.45) is 1.30. The normalized spacial score (nSPS) is 33.5. The van der Waals surface area contributed by atoms with Crippen molar-refractivity contribution in [1.82, 2.24) is 4.90 Å². The Bertz CT molecular complexity index is 277. The van der Waals surface area contributed by atoms with Crippen LogP contribution in [-0.4, -0.2) is 47.4 Å². The molecule has 0 aliphatic carbocycles. The lowest BCUT2D eigenvalue weighted by Crippen LogP contribution is -2.33. The fourth-order valence-electron chi connectivity index (χ4n) is 1.90. The van der Waals surface area contributed by atoms with Crippen LogP contribution in [0.4, 0.5) is 0 Å². The van der Waals surface area contributed by atoms with E-state index in [1.165, 1.54) is 0 Å². The van der Waals surface area contributed by atoms with Crippen molar-refractivity contribution in [3.63, 3.8) is 0 Å². The van der Waals surface area contributed by atoms with Gasteiger partial charge in [-0.3, -0.25) is 0 Å². The number of oxime groups is 1. The summed E-state index contributed by atoms with van der Waals surface area (Å²) in [6, 6.07) is 0. The Balaban J connectivity index is 2.05. The van der Waals surface area contributed by atoms with Crippen LogP contribution in [0, 0.1) is 0 Å². The van der Waals surface area contributed by atoms with Crippen molar-refractivity contribution >= 4 is 11.7 Å². The summed E-state index contributed by atoms with van der Waals surface area (Å²) < 4.78 is 0. The number of aliphatic carboxylic acids is 1. The molecule has 0 radical (unpaired) electrons. The second-order valence-electron chi connectivity index (χ2n) is 3.78. The van der Waals surface area contributed by atoms with Gasteiger partial charge in [-0.15, -0.1) is 0 Å². The average Bonchev–Trinajstić information content (AvgIpc) is 2.61. The average molecular weight is 184 g/mol. The van der Waals surface area contributed by atoms with Gasteiger partial charge in [0.2, 0.25) is 0 Å². The summed E-state index contributed by atoms with van der Waals surface area (Å²) >= 11 is 0. The van der Waals surface area contributed by atoms with E-state index in [-0.39, 0.29) is 11.3 Å². The number of carbonyl (C=O) groups is 1. The smallest absolute Gasteiger partial charge is 0.353 e. The molecule has 0 bridgehead atoms. The first kappa shape index (κ1) is 8.50. The Kier molecular flexibility index (Phi) is 1.76. The van der Waals surface area contributed by atoms with Crippen molar-refractivity contribution in [3.8, 4) is 0 Å². The van der Waals surface area contributed by atoms with Gasteiger partial charge in [0.25, 0.3) is 0 Å². The third-order valence-electron chi connectivity index (χ3n) is 2.59. The highest BCUT2D eigenvalue weighted by atomic mass is 16.7.